The van der Waals surface area contributed by atoms with E-state index in [9.17, 15) is 4.79 Å². The number of imidazole rings is 1. The normalized spacial score (nSPS) is 18.8. The number of nitrogens with one attached hydrogen (secondary N) is 1. The number of aromatic nitrogens is 3. The molecule has 2 aromatic heterocycles. The molecule has 1 N–H and O–H groups in total. The molecule has 6 heteroatoms. The molecule has 0 bridgehead atoms. The SMILES string of the molecule is Cc1noc(C)c1C[C@H](C)C(=O)N[C@@H]1CCc2nccn2C1. The van der Waals surface area contributed by atoms with Crippen LogP contribution < -0.4 is 5.32 Å². The van der Waals surface area contributed by atoms with Crippen molar-refractivity contribution in [1.82, 2.24) is 20.0 Å². The molecule has 1 aliphatic heterocycles. The second kappa shape index (κ2) is 5.94. The predicted molar refractivity (Wildman–Crippen MR) is 81.3 cm³/mol. The number of aryl methyl sites for hydroxylation is 3. The highest BCUT2D eigenvalue weighted by Crippen LogP contribution is 2.18. The second-order valence-corrected chi connectivity index (χ2v) is 6.15. The molecule has 3 rings (SSSR count). The van der Waals surface area contributed by atoms with E-state index in [0.717, 1.165) is 42.2 Å². The molecular formula is C16H22N4O2. The van der Waals surface area contributed by atoms with Crippen molar-refractivity contribution in [3.05, 3.63) is 35.2 Å². The van der Waals surface area contributed by atoms with E-state index < -0.39 is 0 Å². The third-order valence-corrected chi connectivity index (χ3v) is 4.42. The highest BCUT2D eigenvalue weighted by Gasteiger charge is 2.24. The predicted octanol–water partition coefficient (Wildman–Crippen LogP) is 1.80. The van der Waals surface area contributed by atoms with Gasteiger partial charge in [0.2, 0.25) is 5.91 Å². The lowest BCUT2D eigenvalue weighted by Crippen LogP contribution is -2.43. The fourth-order valence-corrected chi connectivity index (χ4v) is 3.02. The first-order valence-electron chi connectivity index (χ1n) is 7.76. The monoisotopic (exact) mass is 302 g/mol. The Morgan fingerprint density at radius 2 is 2.36 bits per heavy atom. The summed E-state index contributed by atoms with van der Waals surface area (Å²) in [6.07, 6.45) is 6.31. The van der Waals surface area contributed by atoms with Gasteiger partial charge in [-0.05, 0) is 26.7 Å². The van der Waals surface area contributed by atoms with Crippen molar-refractivity contribution in [3.8, 4) is 0 Å². The van der Waals surface area contributed by atoms with Gasteiger partial charge in [0.05, 0.1) is 5.69 Å². The van der Waals surface area contributed by atoms with Crippen LogP contribution in [0.2, 0.25) is 0 Å². The van der Waals surface area contributed by atoms with Gasteiger partial charge >= 0.3 is 0 Å². The van der Waals surface area contributed by atoms with Gasteiger partial charge in [0.1, 0.15) is 11.6 Å². The van der Waals surface area contributed by atoms with Crippen molar-refractivity contribution in [3.63, 3.8) is 0 Å². The lowest BCUT2D eigenvalue weighted by molar-refractivity contribution is -0.125. The van der Waals surface area contributed by atoms with E-state index in [4.69, 9.17) is 4.52 Å². The molecule has 0 unspecified atom stereocenters. The molecule has 1 aliphatic rings. The molecule has 0 spiro atoms. The molecule has 3 heterocycles. The maximum absolute atomic E-state index is 12.4. The molecular weight excluding hydrogens is 280 g/mol. The molecule has 0 aromatic carbocycles. The minimum absolute atomic E-state index is 0.0913. The Morgan fingerprint density at radius 3 is 3.09 bits per heavy atom. The zero-order valence-corrected chi connectivity index (χ0v) is 13.3. The van der Waals surface area contributed by atoms with E-state index in [1.165, 1.54) is 0 Å². The van der Waals surface area contributed by atoms with E-state index in [1.54, 1.807) is 0 Å². The lowest BCUT2D eigenvalue weighted by Gasteiger charge is -2.26. The molecule has 0 saturated heterocycles. The van der Waals surface area contributed by atoms with Gasteiger partial charge in [-0.25, -0.2) is 4.98 Å². The average Bonchev–Trinajstić information content (AvgIpc) is 3.08. The molecule has 118 valence electrons. The Labute approximate surface area is 129 Å². The van der Waals surface area contributed by atoms with Crippen LogP contribution >= 0.6 is 0 Å². The largest absolute Gasteiger partial charge is 0.361 e. The van der Waals surface area contributed by atoms with Crippen molar-refractivity contribution < 1.29 is 9.32 Å². The van der Waals surface area contributed by atoms with Crippen LogP contribution in [0.1, 0.15) is 36.2 Å². The molecule has 6 nitrogen and oxygen atoms in total. The van der Waals surface area contributed by atoms with Crippen LogP contribution in [-0.4, -0.2) is 26.7 Å². The van der Waals surface area contributed by atoms with E-state index in [1.807, 2.05) is 33.2 Å². The summed E-state index contributed by atoms with van der Waals surface area (Å²) < 4.78 is 7.28. The fourth-order valence-electron chi connectivity index (χ4n) is 3.02. The number of carbonyl (C=O) groups is 1. The van der Waals surface area contributed by atoms with Crippen LogP contribution in [0.4, 0.5) is 0 Å². The Bertz CT molecular complexity index is 654. The van der Waals surface area contributed by atoms with Gasteiger partial charge in [-0.15, -0.1) is 0 Å². The van der Waals surface area contributed by atoms with Crippen LogP contribution in [0, 0.1) is 19.8 Å². The molecule has 2 aromatic rings. The summed E-state index contributed by atoms with van der Waals surface area (Å²) in [7, 11) is 0. The fraction of sp³-hybridized carbons (Fsp3) is 0.562. The van der Waals surface area contributed by atoms with Crippen LogP contribution in [-0.2, 0) is 24.2 Å². The van der Waals surface area contributed by atoms with Gasteiger partial charge in [-0.3, -0.25) is 4.79 Å². The summed E-state index contributed by atoms with van der Waals surface area (Å²) in [5.41, 5.74) is 1.92. The number of fused-ring (bicyclic) bond motifs is 1. The summed E-state index contributed by atoms with van der Waals surface area (Å²) in [4.78, 5) is 16.7. The summed E-state index contributed by atoms with van der Waals surface area (Å²) >= 11 is 0. The first-order chi connectivity index (χ1) is 10.5. The summed E-state index contributed by atoms with van der Waals surface area (Å²) in [6.45, 7) is 6.56. The lowest BCUT2D eigenvalue weighted by atomic mass is 9.98. The smallest absolute Gasteiger partial charge is 0.223 e. The molecule has 0 fully saturated rings. The summed E-state index contributed by atoms with van der Waals surface area (Å²) in [5.74, 6) is 1.90. The van der Waals surface area contributed by atoms with Crippen LogP contribution in [0.3, 0.4) is 0 Å². The molecule has 22 heavy (non-hydrogen) atoms. The zero-order valence-electron chi connectivity index (χ0n) is 13.3. The summed E-state index contributed by atoms with van der Waals surface area (Å²) in [5, 5.41) is 7.11. The maximum Gasteiger partial charge on any atom is 0.223 e. The van der Waals surface area contributed by atoms with Gasteiger partial charge < -0.3 is 14.4 Å². The number of carbonyl (C=O) groups excluding carboxylic acids is 1. The van der Waals surface area contributed by atoms with Crippen LogP contribution in [0.5, 0.6) is 0 Å². The number of hydrogen-bond acceptors (Lipinski definition) is 4. The highest BCUT2D eigenvalue weighted by atomic mass is 16.5. The van der Waals surface area contributed by atoms with E-state index >= 15 is 0 Å². The third kappa shape index (κ3) is 2.91. The Morgan fingerprint density at radius 1 is 1.55 bits per heavy atom. The van der Waals surface area contributed by atoms with Crippen molar-refractivity contribution in [2.75, 3.05) is 0 Å². The zero-order chi connectivity index (χ0) is 15.7. The van der Waals surface area contributed by atoms with Gasteiger partial charge in [0, 0.05) is 42.9 Å². The standard InChI is InChI=1S/C16H22N4O2/c1-10(8-14-11(2)19-22-12(14)3)16(21)18-13-4-5-15-17-6-7-20(15)9-13/h6-7,10,13H,4-5,8-9H2,1-3H3,(H,18,21)/t10-,13+/m0/s1. The molecule has 0 saturated carbocycles. The van der Waals surface area contributed by atoms with Crippen LogP contribution in [0.15, 0.2) is 16.9 Å². The number of rotatable bonds is 4. The maximum atomic E-state index is 12.4. The first kappa shape index (κ1) is 14.8. The van der Waals surface area contributed by atoms with E-state index in [2.05, 4.69) is 20.0 Å². The van der Waals surface area contributed by atoms with E-state index in [0.29, 0.717) is 6.42 Å². The quantitative estimate of drug-likeness (QED) is 0.934. The van der Waals surface area contributed by atoms with Gasteiger partial charge in [-0.2, -0.15) is 0 Å². The number of nitrogens with zero attached hydrogens (tertiary/aromatic N) is 3. The van der Waals surface area contributed by atoms with Crippen molar-refractivity contribution >= 4 is 5.91 Å². The molecule has 0 radical (unpaired) electrons. The molecule has 1 amide bonds. The first-order valence-corrected chi connectivity index (χ1v) is 7.76. The van der Waals surface area contributed by atoms with Gasteiger partial charge in [-0.1, -0.05) is 12.1 Å². The van der Waals surface area contributed by atoms with Crippen molar-refractivity contribution in [1.29, 1.82) is 0 Å². The second-order valence-electron chi connectivity index (χ2n) is 6.15. The highest BCUT2D eigenvalue weighted by molar-refractivity contribution is 5.79. The Balaban J connectivity index is 1.58. The van der Waals surface area contributed by atoms with Gasteiger partial charge in [0.15, 0.2) is 0 Å². The van der Waals surface area contributed by atoms with E-state index in [-0.39, 0.29) is 17.9 Å². The van der Waals surface area contributed by atoms with Crippen molar-refractivity contribution in [2.45, 2.75) is 52.6 Å². The molecule has 2 atom stereocenters. The number of hydrogen-bond donors (Lipinski definition) is 1. The Kier molecular flexibility index (Phi) is 4.00. The van der Waals surface area contributed by atoms with Crippen molar-refractivity contribution in [2.24, 2.45) is 5.92 Å². The van der Waals surface area contributed by atoms with Gasteiger partial charge in [0.25, 0.3) is 0 Å². The third-order valence-electron chi connectivity index (χ3n) is 4.42. The topological polar surface area (TPSA) is 73.0 Å². The summed E-state index contributed by atoms with van der Waals surface area (Å²) in [6, 6.07) is 0.182. The average molecular weight is 302 g/mol. The molecule has 0 aliphatic carbocycles. The minimum Gasteiger partial charge on any atom is -0.361 e. The minimum atomic E-state index is -0.0963. The van der Waals surface area contributed by atoms with Crippen LogP contribution in [0.25, 0.3) is 0 Å². The Hall–Kier alpha value is -2.11. The number of amides is 1.